The van der Waals surface area contributed by atoms with Gasteiger partial charge in [-0.25, -0.2) is 9.37 Å². The third-order valence-electron chi connectivity index (χ3n) is 7.22. The number of carbonyl (C=O) groups excluding carboxylic acids is 1. The Morgan fingerprint density at radius 3 is 2.48 bits per heavy atom. The Hall–Kier alpha value is -5.38. The van der Waals surface area contributed by atoms with E-state index in [0.29, 0.717) is 34.2 Å². The smallest absolute Gasteiger partial charge is 0.305 e. The Morgan fingerprint density at radius 2 is 1.74 bits per heavy atom. The van der Waals surface area contributed by atoms with Crippen LogP contribution in [-0.4, -0.2) is 33.2 Å². The quantitative estimate of drug-likeness (QED) is 0.206. The molecule has 0 fully saturated rings. The van der Waals surface area contributed by atoms with Crippen molar-refractivity contribution in [1.29, 1.82) is 0 Å². The SMILES string of the molecule is Cc1cccc(C)c1Nc1c(-c2ccc3c(c2)OCO3)nc2c(C(=O)NC(CC(=O)O)c3ccc(F)cc3)cccn12. The molecule has 9 nitrogen and oxygen atoms in total. The number of halogens is 1. The Balaban J connectivity index is 1.46. The summed E-state index contributed by atoms with van der Waals surface area (Å²) in [6.45, 7) is 4.15. The Morgan fingerprint density at radius 1 is 1.00 bits per heavy atom. The molecule has 0 radical (unpaired) electrons. The van der Waals surface area contributed by atoms with Crippen LogP contribution in [0.3, 0.4) is 0 Å². The van der Waals surface area contributed by atoms with Crippen molar-refractivity contribution in [3.63, 3.8) is 0 Å². The van der Waals surface area contributed by atoms with Crippen LogP contribution in [0, 0.1) is 19.7 Å². The molecule has 5 aromatic rings. The lowest BCUT2D eigenvalue weighted by molar-refractivity contribution is -0.137. The molecule has 10 heteroatoms. The number of aromatic nitrogens is 2. The Kier molecular flexibility index (Phi) is 6.95. The molecule has 1 unspecified atom stereocenters. The highest BCUT2D eigenvalue weighted by molar-refractivity contribution is 6.01. The van der Waals surface area contributed by atoms with Gasteiger partial charge in [0.2, 0.25) is 6.79 Å². The van der Waals surface area contributed by atoms with E-state index >= 15 is 0 Å². The van der Waals surface area contributed by atoms with Crippen molar-refractivity contribution in [2.45, 2.75) is 26.3 Å². The monoisotopic (exact) mass is 566 g/mol. The van der Waals surface area contributed by atoms with Gasteiger partial charge < -0.3 is 25.2 Å². The predicted molar refractivity (Wildman–Crippen MR) is 155 cm³/mol. The van der Waals surface area contributed by atoms with Crippen molar-refractivity contribution in [3.05, 3.63) is 107 Å². The number of benzene rings is 3. The standard InChI is InChI=1S/C32H27FN4O5/c1-18-5-3-6-19(2)28(18)35-31-29(21-10-13-25-26(15-21)42-17-41-25)36-30-23(7-4-14-37(30)31)32(40)34-24(16-27(38)39)20-8-11-22(33)12-9-20/h3-15,24,35H,16-17H2,1-2H3,(H,34,40)(H,38,39). The normalized spacial score (nSPS) is 12.7. The summed E-state index contributed by atoms with van der Waals surface area (Å²) >= 11 is 0. The van der Waals surface area contributed by atoms with Gasteiger partial charge >= 0.3 is 5.97 Å². The Labute approximate surface area is 240 Å². The highest BCUT2D eigenvalue weighted by atomic mass is 19.1. The summed E-state index contributed by atoms with van der Waals surface area (Å²) in [6.07, 6.45) is 1.43. The molecule has 2 aromatic heterocycles. The summed E-state index contributed by atoms with van der Waals surface area (Å²) in [5.41, 5.74) is 5.39. The predicted octanol–water partition coefficient (Wildman–Crippen LogP) is 6.18. The summed E-state index contributed by atoms with van der Waals surface area (Å²) in [6, 6.07) is 19.4. The lowest BCUT2D eigenvalue weighted by Crippen LogP contribution is -2.30. The summed E-state index contributed by atoms with van der Waals surface area (Å²) in [5, 5.41) is 15.9. The molecule has 0 bridgehead atoms. The molecule has 1 aliphatic rings. The van der Waals surface area contributed by atoms with Crippen LogP contribution in [0.4, 0.5) is 15.9 Å². The number of pyridine rings is 1. The van der Waals surface area contributed by atoms with E-state index in [2.05, 4.69) is 10.6 Å². The number of anilines is 2. The molecule has 3 aromatic carbocycles. The fourth-order valence-electron chi connectivity index (χ4n) is 5.10. The van der Waals surface area contributed by atoms with Gasteiger partial charge in [0.1, 0.15) is 17.3 Å². The second kappa shape index (κ2) is 10.9. The van der Waals surface area contributed by atoms with E-state index in [4.69, 9.17) is 14.5 Å². The number of hydrogen-bond acceptors (Lipinski definition) is 6. The van der Waals surface area contributed by atoms with Crippen molar-refractivity contribution in [2.24, 2.45) is 0 Å². The number of carboxylic acid groups (broad SMARTS) is 1. The average Bonchev–Trinajstić information content (AvgIpc) is 3.59. The number of ether oxygens (including phenoxy) is 2. The number of nitrogens with zero attached hydrogens (tertiary/aromatic N) is 2. The summed E-state index contributed by atoms with van der Waals surface area (Å²) in [5.74, 6) is -0.211. The third kappa shape index (κ3) is 5.10. The average molecular weight is 567 g/mol. The van der Waals surface area contributed by atoms with Crippen molar-refractivity contribution < 1.29 is 28.6 Å². The molecule has 1 aliphatic heterocycles. The zero-order valence-corrected chi connectivity index (χ0v) is 22.8. The van der Waals surface area contributed by atoms with Gasteiger partial charge in [0.25, 0.3) is 5.91 Å². The number of amides is 1. The van der Waals surface area contributed by atoms with Crippen LogP contribution in [0.25, 0.3) is 16.9 Å². The molecular formula is C32H27FN4O5. The minimum absolute atomic E-state index is 0.132. The summed E-state index contributed by atoms with van der Waals surface area (Å²) < 4.78 is 26.4. The minimum atomic E-state index is -1.10. The first kappa shape index (κ1) is 26.8. The second-order valence-electron chi connectivity index (χ2n) is 10.1. The first-order chi connectivity index (χ1) is 20.3. The molecule has 1 atom stereocenters. The summed E-state index contributed by atoms with van der Waals surface area (Å²) in [7, 11) is 0. The second-order valence-corrected chi connectivity index (χ2v) is 10.1. The van der Waals surface area contributed by atoms with Gasteiger partial charge in [0.15, 0.2) is 17.1 Å². The summed E-state index contributed by atoms with van der Waals surface area (Å²) in [4.78, 5) is 30.2. The van der Waals surface area contributed by atoms with Crippen LogP contribution in [0.15, 0.2) is 79.0 Å². The van der Waals surface area contributed by atoms with E-state index in [0.717, 1.165) is 22.4 Å². The first-order valence-corrected chi connectivity index (χ1v) is 13.3. The molecule has 3 N–H and O–H groups in total. The van der Waals surface area contributed by atoms with Gasteiger partial charge in [-0.15, -0.1) is 0 Å². The molecule has 6 rings (SSSR count). The van der Waals surface area contributed by atoms with E-state index in [1.54, 1.807) is 22.7 Å². The van der Waals surface area contributed by atoms with Crippen molar-refractivity contribution in [2.75, 3.05) is 12.1 Å². The van der Waals surface area contributed by atoms with Crippen LogP contribution < -0.4 is 20.1 Å². The van der Waals surface area contributed by atoms with Gasteiger partial charge in [-0.05, 0) is 73.0 Å². The molecule has 0 saturated heterocycles. The van der Waals surface area contributed by atoms with Crippen LogP contribution in [-0.2, 0) is 4.79 Å². The van der Waals surface area contributed by atoms with E-state index in [1.807, 2.05) is 50.2 Å². The third-order valence-corrected chi connectivity index (χ3v) is 7.22. The number of para-hydroxylation sites is 1. The highest BCUT2D eigenvalue weighted by Gasteiger charge is 2.25. The number of fused-ring (bicyclic) bond motifs is 2. The van der Waals surface area contributed by atoms with Crippen LogP contribution in [0.1, 0.15) is 39.5 Å². The fraction of sp³-hybridized carbons (Fsp3) is 0.156. The zero-order chi connectivity index (χ0) is 29.4. The van der Waals surface area contributed by atoms with Gasteiger partial charge in [-0.1, -0.05) is 30.3 Å². The maximum Gasteiger partial charge on any atom is 0.305 e. The number of imidazole rings is 1. The minimum Gasteiger partial charge on any atom is -0.481 e. The van der Waals surface area contributed by atoms with Crippen molar-refractivity contribution in [3.8, 4) is 22.8 Å². The number of carbonyl (C=O) groups is 2. The van der Waals surface area contributed by atoms with E-state index in [9.17, 15) is 19.1 Å². The molecular weight excluding hydrogens is 539 g/mol. The molecule has 1 amide bonds. The first-order valence-electron chi connectivity index (χ1n) is 13.3. The molecule has 0 spiro atoms. The maximum atomic E-state index is 13.7. The number of carboxylic acids is 1. The largest absolute Gasteiger partial charge is 0.481 e. The van der Waals surface area contributed by atoms with Crippen molar-refractivity contribution >= 4 is 29.0 Å². The maximum absolute atomic E-state index is 13.7. The van der Waals surface area contributed by atoms with E-state index in [-0.39, 0.29) is 18.8 Å². The van der Waals surface area contributed by atoms with E-state index in [1.165, 1.54) is 24.3 Å². The Bertz CT molecular complexity index is 1810. The van der Waals surface area contributed by atoms with Crippen LogP contribution in [0.2, 0.25) is 0 Å². The number of aliphatic carboxylic acids is 1. The molecule has 42 heavy (non-hydrogen) atoms. The van der Waals surface area contributed by atoms with Gasteiger partial charge in [0, 0.05) is 17.4 Å². The van der Waals surface area contributed by atoms with Gasteiger partial charge in [-0.3, -0.25) is 14.0 Å². The molecule has 0 aliphatic carbocycles. The lowest BCUT2D eigenvalue weighted by atomic mass is 10.0. The van der Waals surface area contributed by atoms with E-state index < -0.39 is 23.7 Å². The highest BCUT2D eigenvalue weighted by Crippen LogP contribution is 2.39. The van der Waals surface area contributed by atoms with Crippen LogP contribution >= 0.6 is 0 Å². The molecule has 3 heterocycles. The molecule has 212 valence electrons. The van der Waals surface area contributed by atoms with Crippen LogP contribution in [0.5, 0.6) is 11.5 Å². The number of rotatable bonds is 8. The zero-order valence-electron chi connectivity index (χ0n) is 22.8. The fourth-order valence-corrected chi connectivity index (χ4v) is 5.10. The lowest BCUT2D eigenvalue weighted by Gasteiger charge is -2.18. The number of aryl methyl sites for hydroxylation is 2. The van der Waals surface area contributed by atoms with Gasteiger partial charge in [-0.2, -0.15) is 0 Å². The van der Waals surface area contributed by atoms with Gasteiger partial charge in [0.05, 0.1) is 18.0 Å². The van der Waals surface area contributed by atoms with Crippen molar-refractivity contribution in [1.82, 2.24) is 14.7 Å². The topological polar surface area (TPSA) is 114 Å². The number of hydrogen-bond donors (Lipinski definition) is 3. The number of nitrogens with one attached hydrogen (secondary N) is 2. The molecule has 0 saturated carbocycles.